The van der Waals surface area contributed by atoms with Crippen molar-refractivity contribution < 1.29 is 14.3 Å². The van der Waals surface area contributed by atoms with Crippen molar-refractivity contribution in [2.24, 2.45) is 0 Å². The van der Waals surface area contributed by atoms with Crippen LogP contribution in [-0.2, 0) is 16.9 Å². The van der Waals surface area contributed by atoms with E-state index in [4.69, 9.17) is 4.74 Å². The van der Waals surface area contributed by atoms with Gasteiger partial charge in [0.15, 0.2) is 0 Å². The Kier molecular flexibility index (Phi) is 4.56. The lowest BCUT2D eigenvalue weighted by Gasteiger charge is -2.24. The van der Waals surface area contributed by atoms with Gasteiger partial charge in [0, 0.05) is 10.0 Å². The SMILES string of the molecule is COc1ccc(Br)cc1CN1C(=O)NC(C)(c2ccccc2C)C1=O. The molecule has 3 amide bonds. The summed E-state index contributed by atoms with van der Waals surface area (Å²) in [6.07, 6.45) is 0. The van der Waals surface area contributed by atoms with Gasteiger partial charge in [0.25, 0.3) is 5.91 Å². The summed E-state index contributed by atoms with van der Waals surface area (Å²) >= 11 is 3.41. The second-order valence-electron chi connectivity index (χ2n) is 6.22. The summed E-state index contributed by atoms with van der Waals surface area (Å²) in [5.41, 5.74) is 1.45. The number of amides is 3. The zero-order chi connectivity index (χ0) is 18.2. The van der Waals surface area contributed by atoms with Crippen LogP contribution >= 0.6 is 15.9 Å². The van der Waals surface area contributed by atoms with Gasteiger partial charge in [-0.3, -0.25) is 9.69 Å². The van der Waals surface area contributed by atoms with Gasteiger partial charge in [0.05, 0.1) is 13.7 Å². The quantitative estimate of drug-likeness (QED) is 0.792. The minimum absolute atomic E-state index is 0.148. The number of benzene rings is 2. The third-order valence-corrected chi connectivity index (χ3v) is 5.02. The molecule has 1 aliphatic rings. The van der Waals surface area contributed by atoms with Crippen LogP contribution in [0.5, 0.6) is 5.75 Å². The lowest BCUT2D eigenvalue weighted by atomic mass is 9.88. The number of hydrogen-bond acceptors (Lipinski definition) is 3. The second kappa shape index (κ2) is 6.52. The molecule has 130 valence electrons. The lowest BCUT2D eigenvalue weighted by Crippen LogP contribution is -2.41. The molecule has 2 aromatic rings. The van der Waals surface area contributed by atoms with Crippen molar-refractivity contribution in [1.82, 2.24) is 10.2 Å². The number of urea groups is 1. The fourth-order valence-corrected chi connectivity index (χ4v) is 3.61. The molecule has 1 unspecified atom stereocenters. The highest BCUT2D eigenvalue weighted by molar-refractivity contribution is 9.10. The molecule has 1 aliphatic heterocycles. The number of nitrogens with one attached hydrogen (secondary N) is 1. The van der Waals surface area contributed by atoms with E-state index in [2.05, 4.69) is 21.2 Å². The first-order chi connectivity index (χ1) is 11.9. The van der Waals surface area contributed by atoms with Crippen molar-refractivity contribution in [1.29, 1.82) is 0 Å². The molecule has 1 N–H and O–H groups in total. The van der Waals surface area contributed by atoms with E-state index in [1.807, 2.05) is 43.3 Å². The van der Waals surface area contributed by atoms with Crippen LogP contribution in [0.3, 0.4) is 0 Å². The van der Waals surface area contributed by atoms with Crippen molar-refractivity contribution in [3.8, 4) is 5.75 Å². The van der Waals surface area contributed by atoms with Crippen LogP contribution in [0.25, 0.3) is 0 Å². The summed E-state index contributed by atoms with van der Waals surface area (Å²) in [5.74, 6) is 0.363. The Morgan fingerprint density at radius 2 is 1.92 bits per heavy atom. The highest BCUT2D eigenvalue weighted by atomic mass is 79.9. The second-order valence-corrected chi connectivity index (χ2v) is 7.13. The van der Waals surface area contributed by atoms with E-state index in [1.54, 1.807) is 20.1 Å². The highest BCUT2D eigenvalue weighted by Crippen LogP contribution is 2.33. The molecule has 0 saturated carbocycles. The number of carbonyl (C=O) groups is 2. The van der Waals surface area contributed by atoms with Crippen molar-refractivity contribution in [3.05, 3.63) is 63.6 Å². The molecule has 0 aromatic heterocycles. The normalized spacial score (nSPS) is 19.9. The fraction of sp³-hybridized carbons (Fsp3) is 0.263. The van der Waals surface area contributed by atoms with Gasteiger partial charge in [-0.25, -0.2) is 4.79 Å². The van der Waals surface area contributed by atoms with E-state index in [-0.39, 0.29) is 12.5 Å². The third kappa shape index (κ3) is 3.02. The Balaban J connectivity index is 1.95. The predicted octanol–water partition coefficient (Wildman–Crippen LogP) is 3.73. The molecule has 1 atom stereocenters. The molecule has 1 saturated heterocycles. The van der Waals surface area contributed by atoms with E-state index in [0.717, 1.165) is 21.2 Å². The number of ether oxygens (including phenoxy) is 1. The Morgan fingerprint density at radius 3 is 2.60 bits per heavy atom. The first-order valence-corrected chi connectivity index (χ1v) is 8.68. The number of carbonyl (C=O) groups excluding carboxylic acids is 2. The number of rotatable bonds is 4. The molecule has 6 heteroatoms. The van der Waals surface area contributed by atoms with Crippen LogP contribution in [0.1, 0.15) is 23.6 Å². The lowest BCUT2D eigenvalue weighted by molar-refractivity contribution is -0.131. The van der Waals surface area contributed by atoms with Gasteiger partial charge in [0.2, 0.25) is 0 Å². The maximum Gasteiger partial charge on any atom is 0.325 e. The molecule has 2 aromatic carbocycles. The van der Waals surface area contributed by atoms with Gasteiger partial charge in [-0.05, 0) is 43.2 Å². The standard InChI is InChI=1S/C19H19BrN2O3/c1-12-6-4-5-7-15(12)19(2)17(23)22(18(24)21-19)11-13-10-14(20)8-9-16(13)25-3/h4-10H,11H2,1-3H3,(H,21,24). The Morgan fingerprint density at radius 1 is 1.20 bits per heavy atom. The molecular weight excluding hydrogens is 384 g/mol. The highest BCUT2D eigenvalue weighted by Gasteiger charge is 2.49. The average Bonchev–Trinajstić information content (AvgIpc) is 2.79. The average molecular weight is 403 g/mol. The number of aryl methyl sites for hydroxylation is 1. The minimum atomic E-state index is -1.07. The van der Waals surface area contributed by atoms with Gasteiger partial charge in [0.1, 0.15) is 11.3 Å². The molecule has 1 heterocycles. The fourth-order valence-electron chi connectivity index (χ4n) is 3.20. The summed E-state index contributed by atoms with van der Waals surface area (Å²) in [4.78, 5) is 26.8. The van der Waals surface area contributed by atoms with E-state index < -0.39 is 11.6 Å². The van der Waals surface area contributed by atoms with Crippen LogP contribution in [0.4, 0.5) is 4.79 Å². The van der Waals surface area contributed by atoms with Crippen molar-refractivity contribution >= 4 is 27.9 Å². The maximum absolute atomic E-state index is 13.1. The van der Waals surface area contributed by atoms with Crippen LogP contribution in [0, 0.1) is 6.92 Å². The Hall–Kier alpha value is -2.34. The zero-order valence-electron chi connectivity index (χ0n) is 14.3. The van der Waals surface area contributed by atoms with E-state index >= 15 is 0 Å². The summed E-state index contributed by atoms with van der Waals surface area (Å²) in [6, 6.07) is 12.7. The van der Waals surface area contributed by atoms with Crippen molar-refractivity contribution in [2.75, 3.05) is 7.11 Å². The van der Waals surface area contributed by atoms with Gasteiger partial charge < -0.3 is 10.1 Å². The Bertz CT molecular complexity index is 852. The summed E-state index contributed by atoms with van der Waals surface area (Å²) in [6.45, 7) is 3.82. The molecular formula is C19H19BrN2O3. The van der Waals surface area contributed by atoms with Gasteiger partial charge in [-0.2, -0.15) is 0 Å². The number of nitrogens with zero attached hydrogens (tertiary/aromatic N) is 1. The van der Waals surface area contributed by atoms with Gasteiger partial charge in [-0.1, -0.05) is 40.2 Å². The number of methoxy groups -OCH3 is 1. The molecule has 1 fully saturated rings. The molecule has 0 radical (unpaired) electrons. The molecule has 0 aliphatic carbocycles. The van der Waals surface area contributed by atoms with E-state index in [1.165, 1.54) is 4.90 Å². The summed E-state index contributed by atoms with van der Waals surface area (Å²) in [7, 11) is 1.57. The summed E-state index contributed by atoms with van der Waals surface area (Å²) < 4.78 is 6.20. The zero-order valence-corrected chi connectivity index (χ0v) is 15.9. The van der Waals surface area contributed by atoms with Crippen molar-refractivity contribution in [3.63, 3.8) is 0 Å². The Labute approximate surface area is 155 Å². The van der Waals surface area contributed by atoms with Gasteiger partial charge in [-0.15, -0.1) is 0 Å². The molecule has 3 rings (SSSR count). The molecule has 0 bridgehead atoms. The number of hydrogen-bond donors (Lipinski definition) is 1. The molecule has 0 spiro atoms. The smallest absolute Gasteiger partial charge is 0.325 e. The minimum Gasteiger partial charge on any atom is -0.496 e. The third-order valence-electron chi connectivity index (χ3n) is 4.53. The predicted molar refractivity (Wildman–Crippen MR) is 98.3 cm³/mol. The molecule has 25 heavy (non-hydrogen) atoms. The first-order valence-electron chi connectivity index (χ1n) is 7.89. The molecule has 5 nitrogen and oxygen atoms in total. The van der Waals surface area contributed by atoms with E-state index in [9.17, 15) is 9.59 Å². The van der Waals surface area contributed by atoms with Crippen LogP contribution in [-0.4, -0.2) is 23.9 Å². The number of imide groups is 1. The van der Waals surface area contributed by atoms with Crippen LogP contribution in [0.15, 0.2) is 46.9 Å². The topological polar surface area (TPSA) is 58.6 Å². The first kappa shape index (κ1) is 17.5. The van der Waals surface area contributed by atoms with Crippen molar-refractivity contribution in [2.45, 2.75) is 25.9 Å². The van der Waals surface area contributed by atoms with E-state index in [0.29, 0.717) is 5.75 Å². The van der Waals surface area contributed by atoms with Crippen LogP contribution in [0.2, 0.25) is 0 Å². The monoisotopic (exact) mass is 402 g/mol. The number of halogens is 1. The van der Waals surface area contributed by atoms with Gasteiger partial charge >= 0.3 is 6.03 Å². The van der Waals surface area contributed by atoms with Crippen LogP contribution < -0.4 is 10.1 Å². The largest absolute Gasteiger partial charge is 0.496 e. The maximum atomic E-state index is 13.1. The summed E-state index contributed by atoms with van der Waals surface area (Å²) in [5, 5.41) is 2.84.